The van der Waals surface area contributed by atoms with Crippen molar-refractivity contribution in [3.05, 3.63) is 135 Å². The summed E-state index contributed by atoms with van der Waals surface area (Å²) in [4.78, 5) is 78.5. The Bertz CT molecular complexity index is 2470. The van der Waals surface area contributed by atoms with Crippen LogP contribution in [-0.4, -0.2) is 138 Å². The van der Waals surface area contributed by atoms with Crippen molar-refractivity contribution in [1.29, 1.82) is 0 Å². The van der Waals surface area contributed by atoms with Crippen molar-refractivity contribution >= 4 is 58.4 Å². The molecule has 0 N–H and O–H groups in total. The van der Waals surface area contributed by atoms with E-state index in [1.54, 1.807) is 79.9 Å². The minimum Gasteiger partial charge on any atom is -0.496 e. The number of rotatable bonds is 24. The molecule has 0 saturated carbocycles. The van der Waals surface area contributed by atoms with Crippen LogP contribution in [0.25, 0.3) is 0 Å². The van der Waals surface area contributed by atoms with Gasteiger partial charge in [0.1, 0.15) is 43.4 Å². The number of hydrogen-bond acceptors (Lipinski definition) is 20. The van der Waals surface area contributed by atoms with E-state index < -0.39 is 110 Å². The number of benzene rings is 4. The molecule has 0 unspecified atom stereocenters. The van der Waals surface area contributed by atoms with E-state index in [0.717, 1.165) is 36.8 Å². The van der Waals surface area contributed by atoms with Crippen molar-refractivity contribution in [2.45, 2.75) is 109 Å². The monoisotopic (exact) mass is 1140 g/mol. The summed E-state index contributed by atoms with van der Waals surface area (Å²) in [7, 11) is 3.13. The lowest BCUT2D eigenvalue weighted by molar-refractivity contribution is -0.364. The number of methoxy groups -OCH3 is 2. The average molecular weight is 1140 g/mol. The number of esters is 6. The van der Waals surface area contributed by atoms with Gasteiger partial charge in [0, 0.05) is 34.8 Å². The Morgan fingerprint density at radius 3 is 1.62 bits per heavy atom. The second kappa shape index (κ2) is 28.6. The molecule has 398 valence electrons. The number of carbonyl (C=O) groups excluding carboxylic acids is 6. The molecule has 21 heteroatoms. The predicted octanol–water partition coefficient (Wildman–Crippen LogP) is 5.84. The highest BCUT2D eigenvalue weighted by Crippen LogP contribution is 2.37. The maximum Gasteiger partial charge on any atom is 0.338 e. The molecule has 4 aromatic rings. The smallest absolute Gasteiger partial charge is 0.338 e. The zero-order valence-corrected chi connectivity index (χ0v) is 43.7. The molecule has 10 atom stereocenters. The Kier molecular flexibility index (Phi) is 22.1. The molecule has 0 aromatic heterocycles. The van der Waals surface area contributed by atoms with E-state index in [1.165, 1.54) is 7.11 Å². The maximum absolute atomic E-state index is 14.2. The second-order valence-electron chi connectivity index (χ2n) is 16.8. The first-order valence-electron chi connectivity index (χ1n) is 23.4. The molecule has 0 bridgehead atoms. The summed E-state index contributed by atoms with van der Waals surface area (Å²) in [6, 6.07) is 29.0. The van der Waals surface area contributed by atoms with Crippen molar-refractivity contribution in [3.63, 3.8) is 0 Å². The molecular formula is C53H59IO20. The quantitative estimate of drug-likeness (QED) is 0.0347. The highest BCUT2D eigenvalue weighted by atomic mass is 127. The van der Waals surface area contributed by atoms with Gasteiger partial charge in [-0.1, -0.05) is 66.7 Å². The Balaban J connectivity index is 1.47. The maximum atomic E-state index is 14.2. The van der Waals surface area contributed by atoms with Crippen LogP contribution in [0.3, 0.4) is 0 Å². The van der Waals surface area contributed by atoms with Crippen molar-refractivity contribution in [2.24, 2.45) is 0 Å². The lowest BCUT2D eigenvalue weighted by Crippen LogP contribution is -2.67. The standard InChI is InChI=1S/C53H59IO20/c1-31(55)64-29-42-45(68-32(2)56)47(69-33(3)57)49(70-34(4)58)53(72-42)74-44-43(30-66-50(59)38-13-9-7-10-14-38)71-52(67-27-36-19-17-35(18-20-36)26-63-24-23-61-5)48(73-51(60)39-15-11-8-12-16-39)46(44)65-28-37-21-22-41(62-6)40(54)25-37/h7-22,25,42-49,52-53H,23-24,26-30H2,1-6H3/t42-,43-,44+,45-,46+,47+,48-,49-,52-,53+/m1/s1. The van der Waals surface area contributed by atoms with Crippen molar-refractivity contribution in [3.8, 4) is 5.75 Å². The Labute approximate surface area is 441 Å². The van der Waals surface area contributed by atoms with Crippen LogP contribution >= 0.6 is 22.6 Å². The second-order valence-corrected chi connectivity index (χ2v) is 18.0. The minimum absolute atomic E-state index is 0.0972. The number of carbonyl (C=O) groups is 6. The summed E-state index contributed by atoms with van der Waals surface area (Å²) in [5.41, 5.74) is 2.58. The van der Waals surface area contributed by atoms with Gasteiger partial charge in [-0.3, -0.25) is 19.2 Å². The molecular weight excluding hydrogens is 1080 g/mol. The molecule has 0 aliphatic carbocycles. The first-order chi connectivity index (χ1) is 35.6. The molecule has 0 spiro atoms. The molecule has 2 saturated heterocycles. The Morgan fingerprint density at radius 1 is 0.500 bits per heavy atom. The molecule has 0 amide bonds. The normalized spacial score (nSPS) is 23.4. The number of ether oxygens (including phenoxy) is 14. The van der Waals surface area contributed by atoms with Gasteiger partial charge in [0.25, 0.3) is 0 Å². The topological polar surface area (TPSA) is 232 Å². The van der Waals surface area contributed by atoms with E-state index in [0.29, 0.717) is 36.7 Å². The predicted molar refractivity (Wildman–Crippen MR) is 265 cm³/mol. The molecule has 2 fully saturated rings. The highest BCUT2D eigenvalue weighted by Gasteiger charge is 2.57. The van der Waals surface area contributed by atoms with Crippen LogP contribution in [-0.2, 0) is 101 Å². The molecule has 4 aromatic carbocycles. The van der Waals surface area contributed by atoms with Crippen LogP contribution in [0.2, 0.25) is 0 Å². The molecule has 2 aliphatic heterocycles. The van der Waals surface area contributed by atoms with Gasteiger partial charge in [-0.05, 0) is 75.7 Å². The Hall–Kier alpha value is -6.05. The fraction of sp³-hybridized carbons (Fsp3) is 0.434. The third kappa shape index (κ3) is 16.7. The van der Waals surface area contributed by atoms with Crippen molar-refractivity contribution in [1.82, 2.24) is 0 Å². The molecule has 2 heterocycles. The molecule has 6 rings (SSSR count). The zero-order chi connectivity index (χ0) is 53.1. The summed E-state index contributed by atoms with van der Waals surface area (Å²) in [6.07, 6.45) is -15.4. The third-order valence-corrected chi connectivity index (χ3v) is 12.1. The summed E-state index contributed by atoms with van der Waals surface area (Å²) in [6.45, 7) is 4.19. The van der Waals surface area contributed by atoms with E-state index in [1.807, 2.05) is 30.3 Å². The fourth-order valence-corrected chi connectivity index (χ4v) is 8.69. The Morgan fingerprint density at radius 2 is 1.03 bits per heavy atom. The summed E-state index contributed by atoms with van der Waals surface area (Å²) in [5, 5.41) is 0. The lowest BCUT2D eigenvalue weighted by atomic mass is 9.95. The van der Waals surface area contributed by atoms with Crippen molar-refractivity contribution in [2.75, 3.05) is 40.6 Å². The number of halogens is 1. The first-order valence-corrected chi connectivity index (χ1v) is 24.5. The van der Waals surface area contributed by atoms with Gasteiger partial charge in [0.05, 0.1) is 54.8 Å². The van der Waals surface area contributed by atoms with Crippen LogP contribution in [0.15, 0.2) is 103 Å². The van der Waals surface area contributed by atoms with Gasteiger partial charge in [-0.15, -0.1) is 0 Å². The van der Waals surface area contributed by atoms with Gasteiger partial charge >= 0.3 is 35.8 Å². The molecule has 0 radical (unpaired) electrons. The van der Waals surface area contributed by atoms with E-state index in [2.05, 4.69) is 22.6 Å². The fourth-order valence-electron chi connectivity index (χ4n) is 7.89. The van der Waals surface area contributed by atoms with Gasteiger partial charge in [-0.25, -0.2) is 9.59 Å². The zero-order valence-electron chi connectivity index (χ0n) is 41.6. The van der Waals surface area contributed by atoms with E-state index in [4.69, 9.17) is 66.3 Å². The summed E-state index contributed by atoms with van der Waals surface area (Å²) in [5.74, 6) is -4.31. The largest absolute Gasteiger partial charge is 0.496 e. The molecule has 20 nitrogen and oxygen atoms in total. The average Bonchev–Trinajstić information content (AvgIpc) is 3.38. The SMILES string of the molecule is COCCOCc1ccc(CO[C@@H]2O[C@H](COC(=O)c3ccccc3)[C@H](O[C@@H]3O[C@H](COC(C)=O)[C@@H](OC(C)=O)[C@H](OC(C)=O)[C@H]3OC(C)=O)[C@H](OCc3ccc(OC)c(I)c3)[C@H]2OC(=O)c2ccccc2)cc1. The van der Waals surface area contributed by atoms with Gasteiger partial charge in [0.15, 0.2) is 37.0 Å². The van der Waals surface area contributed by atoms with Gasteiger partial charge < -0.3 is 66.3 Å². The minimum atomic E-state index is -1.80. The van der Waals surface area contributed by atoms with E-state index >= 15 is 0 Å². The lowest BCUT2D eigenvalue weighted by Gasteiger charge is -2.49. The first kappa shape index (κ1) is 57.2. The summed E-state index contributed by atoms with van der Waals surface area (Å²) < 4.78 is 84.9. The molecule has 74 heavy (non-hydrogen) atoms. The third-order valence-electron chi connectivity index (χ3n) is 11.3. The van der Waals surface area contributed by atoms with Gasteiger partial charge in [-0.2, -0.15) is 0 Å². The van der Waals surface area contributed by atoms with Crippen LogP contribution < -0.4 is 4.74 Å². The van der Waals surface area contributed by atoms with E-state index in [9.17, 15) is 28.8 Å². The van der Waals surface area contributed by atoms with Crippen LogP contribution in [0, 0.1) is 3.57 Å². The van der Waals surface area contributed by atoms with Gasteiger partial charge in [0.2, 0.25) is 0 Å². The van der Waals surface area contributed by atoms with Crippen LogP contribution in [0.5, 0.6) is 5.75 Å². The van der Waals surface area contributed by atoms with E-state index in [-0.39, 0.29) is 24.3 Å². The van der Waals surface area contributed by atoms with Crippen LogP contribution in [0.1, 0.15) is 65.1 Å². The molecule has 2 aliphatic rings. The highest BCUT2D eigenvalue weighted by molar-refractivity contribution is 14.1. The summed E-state index contributed by atoms with van der Waals surface area (Å²) >= 11 is 2.12. The van der Waals surface area contributed by atoms with Crippen LogP contribution in [0.4, 0.5) is 0 Å². The van der Waals surface area contributed by atoms with Crippen molar-refractivity contribution < 1.29 is 95.1 Å². The number of hydrogen-bond donors (Lipinski definition) is 0.